The summed E-state index contributed by atoms with van der Waals surface area (Å²) in [6.07, 6.45) is 0.0461. The molecule has 3 nitrogen and oxygen atoms in total. The van der Waals surface area contributed by atoms with E-state index in [2.05, 4.69) is 146 Å². The van der Waals surface area contributed by atoms with Gasteiger partial charge in [-0.3, -0.25) is 0 Å². The SMILES string of the molecule is CC(C)(C)c1ccc([C@@H]2NN[C@H](c3ccc(-c4ccccc4)cc3)N2c2ccccc2)cc1. The molecule has 1 fully saturated rings. The first-order valence-corrected chi connectivity index (χ1v) is 11.6. The number of hydrogen-bond donors (Lipinski definition) is 2. The quantitative estimate of drug-likeness (QED) is 0.364. The van der Waals surface area contributed by atoms with E-state index in [9.17, 15) is 0 Å². The minimum Gasteiger partial charge on any atom is -0.330 e. The molecule has 0 aromatic heterocycles. The molecule has 4 aromatic rings. The summed E-state index contributed by atoms with van der Waals surface area (Å²) in [5, 5.41) is 0. The molecule has 0 spiro atoms. The minimum atomic E-state index is 0.0181. The Morgan fingerprint density at radius 1 is 0.545 bits per heavy atom. The molecule has 2 atom stereocenters. The summed E-state index contributed by atoms with van der Waals surface area (Å²) in [6, 6.07) is 39.0. The van der Waals surface area contributed by atoms with Crippen LogP contribution in [0.2, 0.25) is 0 Å². The normalized spacial score (nSPS) is 18.5. The summed E-state index contributed by atoms with van der Waals surface area (Å²) in [6.45, 7) is 6.76. The number of para-hydroxylation sites is 1. The van der Waals surface area contributed by atoms with Crippen molar-refractivity contribution in [2.45, 2.75) is 38.5 Å². The summed E-state index contributed by atoms with van der Waals surface area (Å²) in [5.74, 6) is 0. The molecule has 1 aliphatic heterocycles. The Morgan fingerprint density at radius 3 is 1.52 bits per heavy atom. The highest BCUT2D eigenvalue weighted by atomic mass is 15.6. The molecule has 1 aliphatic rings. The van der Waals surface area contributed by atoms with E-state index in [-0.39, 0.29) is 17.7 Å². The summed E-state index contributed by atoms with van der Waals surface area (Å²) in [7, 11) is 0. The van der Waals surface area contributed by atoms with E-state index in [0.717, 1.165) is 0 Å². The smallest absolute Gasteiger partial charge is 0.120 e. The molecule has 1 heterocycles. The van der Waals surface area contributed by atoms with Crippen LogP contribution >= 0.6 is 0 Å². The van der Waals surface area contributed by atoms with Crippen LogP contribution in [0.25, 0.3) is 11.1 Å². The van der Waals surface area contributed by atoms with Gasteiger partial charge in [-0.05, 0) is 45.4 Å². The van der Waals surface area contributed by atoms with Crippen LogP contribution < -0.4 is 15.8 Å². The molecule has 3 heteroatoms. The third-order valence-electron chi connectivity index (χ3n) is 6.39. The van der Waals surface area contributed by atoms with Gasteiger partial charge in [0.1, 0.15) is 12.3 Å². The second-order valence-corrected chi connectivity index (χ2v) is 9.70. The van der Waals surface area contributed by atoms with Crippen LogP contribution in [-0.4, -0.2) is 0 Å². The van der Waals surface area contributed by atoms with Gasteiger partial charge in [-0.25, -0.2) is 10.9 Å². The van der Waals surface area contributed by atoms with Crippen molar-refractivity contribution in [3.05, 3.63) is 126 Å². The van der Waals surface area contributed by atoms with Crippen LogP contribution in [0.1, 0.15) is 49.8 Å². The number of nitrogens with one attached hydrogen (secondary N) is 2. The minimum absolute atomic E-state index is 0.0181. The molecular formula is C30H31N3. The zero-order valence-corrected chi connectivity index (χ0v) is 19.5. The van der Waals surface area contributed by atoms with Gasteiger partial charge in [0.25, 0.3) is 0 Å². The lowest BCUT2D eigenvalue weighted by Gasteiger charge is -2.31. The second-order valence-electron chi connectivity index (χ2n) is 9.70. The number of rotatable bonds is 4. The van der Waals surface area contributed by atoms with Crippen LogP contribution in [0.5, 0.6) is 0 Å². The average molecular weight is 434 g/mol. The van der Waals surface area contributed by atoms with Crippen molar-refractivity contribution < 1.29 is 0 Å². The topological polar surface area (TPSA) is 27.3 Å². The van der Waals surface area contributed by atoms with E-state index in [1.807, 2.05) is 0 Å². The Bertz CT molecular complexity index is 1180. The van der Waals surface area contributed by atoms with E-state index < -0.39 is 0 Å². The maximum atomic E-state index is 3.55. The molecule has 4 aromatic carbocycles. The van der Waals surface area contributed by atoms with Gasteiger partial charge < -0.3 is 4.90 Å². The van der Waals surface area contributed by atoms with E-state index in [4.69, 9.17) is 0 Å². The van der Waals surface area contributed by atoms with Crippen molar-refractivity contribution >= 4 is 5.69 Å². The highest BCUT2D eigenvalue weighted by Crippen LogP contribution is 2.37. The second kappa shape index (κ2) is 8.86. The van der Waals surface area contributed by atoms with Crippen molar-refractivity contribution in [3.8, 4) is 11.1 Å². The Kier molecular flexibility index (Phi) is 5.76. The van der Waals surface area contributed by atoms with Crippen LogP contribution in [0, 0.1) is 0 Å². The Morgan fingerprint density at radius 2 is 1.00 bits per heavy atom. The van der Waals surface area contributed by atoms with Crippen LogP contribution in [0.3, 0.4) is 0 Å². The zero-order valence-electron chi connectivity index (χ0n) is 19.5. The molecule has 0 aliphatic carbocycles. The van der Waals surface area contributed by atoms with Gasteiger partial charge in [0.2, 0.25) is 0 Å². The highest BCUT2D eigenvalue weighted by Gasteiger charge is 2.35. The third kappa shape index (κ3) is 4.43. The molecule has 0 saturated carbocycles. The van der Waals surface area contributed by atoms with Crippen molar-refractivity contribution in [3.63, 3.8) is 0 Å². The van der Waals surface area contributed by atoms with Crippen molar-refractivity contribution in [2.75, 3.05) is 4.90 Å². The monoisotopic (exact) mass is 433 g/mol. The van der Waals surface area contributed by atoms with Gasteiger partial charge in [-0.2, -0.15) is 0 Å². The third-order valence-corrected chi connectivity index (χ3v) is 6.39. The van der Waals surface area contributed by atoms with Crippen molar-refractivity contribution in [1.82, 2.24) is 10.9 Å². The molecule has 0 bridgehead atoms. The number of anilines is 1. The predicted molar refractivity (Wildman–Crippen MR) is 138 cm³/mol. The maximum Gasteiger partial charge on any atom is 0.120 e. The number of hydrazine groups is 1. The summed E-state index contributed by atoms with van der Waals surface area (Å²) < 4.78 is 0. The molecular weight excluding hydrogens is 402 g/mol. The van der Waals surface area contributed by atoms with E-state index in [1.165, 1.54) is 33.5 Å². The van der Waals surface area contributed by atoms with E-state index >= 15 is 0 Å². The number of benzene rings is 4. The van der Waals surface area contributed by atoms with E-state index in [0.29, 0.717) is 0 Å². The summed E-state index contributed by atoms with van der Waals surface area (Å²) in [4.78, 5) is 2.42. The summed E-state index contributed by atoms with van der Waals surface area (Å²) in [5.41, 5.74) is 14.7. The molecule has 0 unspecified atom stereocenters. The van der Waals surface area contributed by atoms with E-state index in [1.54, 1.807) is 0 Å². The first-order valence-electron chi connectivity index (χ1n) is 11.6. The molecule has 166 valence electrons. The molecule has 0 amide bonds. The van der Waals surface area contributed by atoms with Crippen LogP contribution in [0.15, 0.2) is 109 Å². The van der Waals surface area contributed by atoms with Crippen LogP contribution in [0.4, 0.5) is 5.69 Å². The fourth-order valence-corrected chi connectivity index (χ4v) is 4.49. The maximum absolute atomic E-state index is 3.55. The standard InChI is InChI=1S/C30H31N3/c1-30(2,3)26-20-18-25(19-21-26)29-32-31-28(33(29)27-12-8-5-9-13-27)24-16-14-23(15-17-24)22-10-6-4-7-11-22/h4-21,28-29,31-32H,1-3H3/t28-,29+/m0/s1. The number of hydrogen-bond acceptors (Lipinski definition) is 3. The highest BCUT2D eigenvalue weighted by molar-refractivity contribution is 5.64. The average Bonchev–Trinajstić information content (AvgIpc) is 3.30. The molecule has 2 N–H and O–H groups in total. The zero-order chi connectivity index (χ0) is 22.8. The van der Waals surface area contributed by atoms with Gasteiger partial charge in [0, 0.05) is 5.69 Å². The lowest BCUT2D eigenvalue weighted by atomic mass is 9.86. The first kappa shape index (κ1) is 21.4. The van der Waals surface area contributed by atoms with Crippen molar-refractivity contribution in [1.29, 1.82) is 0 Å². The first-order chi connectivity index (χ1) is 16.0. The predicted octanol–water partition coefficient (Wildman–Crippen LogP) is 6.96. The Hall–Kier alpha value is -3.40. The van der Waals surface area contributed by atoms with Crippen LogP contribution in [-0.2, 0) is 5.41 Å². The van der Waals surface area contributed by atoms with Gasteiger partial charge in [-0.15, -0.1) is 0 Å². The molecule has 5 rings (SSSR count). The van der Waals surface area contributed by atoms with Gasteiger partial charge in [-0.1, -0.05) is 118 Å². The van der Waals surface area contributed by atoms with Crippen molar-refractivity contribution in [2.24, 2.45) is 0 Å². The molecule has 33 heavy (non-hydrogen) atoms. The molecule has 0 radical (unpaired) electrons. The largest absolute Gasteiger partial charge is 0.330 e. The lowest BCUT2D eigenvalue weighted by molar-refractivity contribution is 0.554. The van der Waals surface area contributed by atoms with Gasteiger partial charge in [0.05, 0.1) is 0 Å². The lowest BCUT2D eigenvalue weighted by Crippen LogP contribution is -2.29. The van der Waals surface area contributed by atoms with Gasteiger partial charge in [0.15, 0.2) is 0 Å². The molecule has 1 saturated heterocycles. The number of nitrogens with zero attached hydrogens (tertiary/aromatic N) is 1. The van der Waals surface area contributed by atoms with Gasteiger partial charge >= 0.3 is 0 Å². The summed E-state index contributed by atoms with van der Waals surface area (Å²) >= 11 is 0. The Balaban J connectivity index is 1.48. The Labute approximate surface area is 197 Å². The fourth-order valence-electron chi connectivity index (χ4n) is 4.49. The fraction of sp³-hybridized carbons (Fsp3) is 0.200.